The van der Waals surface area contributed by atoms with Crippen LogP contribution >= 0.6 is 0 Å². The average Bonchev–Trinajstić information content (AvgIpc) is 3.60. The first kappa shape index (κ1) is 35.5. The van der Waals surface area contributed by atoms with E-state index in [1.807, 2.05) is 66.7 Å². The van der Waals surface area contributed by atoms with Crippen molar-refractivity contribution < 1.29 is 0 Å². The Morgan fingerprint density at radius 3 is 2.19 bits per heavy atom. The van der Waals surface area contributed by atoms with Gasteiger partial charge in [-0.15, -0.1) is 0 Å². The molecule has 0 amide bonds. The van der Waals surface area contributed by atoms with Gasteiger partial charge >= 0.3 is 0 Å². The van der Waals surface area contributed by atoms with Crippen molar-refractivity contribution in [1.82, 2.24) is 9.47 Å². The van der Waals surface area contributed by atoms with E-state index in [0.29, 0.717) is 5.84 Å². The number of aliphatic imine (C=N–C) groups is 1. The Balaban J connectivity index is 0.994. The molecular formula is C52H43N5. The van der Waals surface area contributed by atoms with E-state index in [4.69, 9.17) is 10.4 Å². The Bertz CT molecular complexity index is 2750. The SMILES string of the molecule is C=C1/C=C\C=C/N(c2ccc(C=NC(c3ccccc3)N(C)C(=N)c3ccccc3)cc2)C2=C1CC(c1ccc3c(c1)c1ccccc1n3-c1ccccc1)C=C2. The van der Waals surface area contributed by atoms with Crippen molar-refractivity contribution in [3.8, 4) is 5.69 Å². The van der Waals surface area contributed by atoms with Crippen LogP contribution in [0.2, 0.25) is 0 Å². The topological polar surface area (TPSA) is 47.6 Å². The molecule has 1 aliphatic carbocycles. The second kappa shape index (κ2) is 15.5. The monoisotopic (exact) mass is 737 g/mol. The van der Waals surface area contributed by atoms with Crippen LogP contribution in [-0.2, 0) is 0 Å². The lowest BCUT2D eigenvalue weighted by molar-refractivity contribution is 0.387. The molecule has 2 heterocycles. The van der Waals surface area contributed by atoms with E-state index < -0.39 is 0 Å². The molecule has 2 atom stereocenters. The zero-order chi connectivity index (χ0) is 38.7. The summed E-state index contributed by atoms with van der Waals surface area (Å²) in [6.07, 6.45) is 15.4. The number of aromatic nitrogens is 1. The van der Waals surface area contributed by atoms with Crippen molar-refractivity contribution >= 4 is 39.5 Å². The predicted octanol–water partition coefficient (Wildman–Crippen LogP) is 12.3. The van der Waals surface area contributed by atoms with Crippen molar-refractivity contribution in [3.63, 3.8) is 0 Å². The molecule has 5 heteroatoms. The lowest BCUT2D eigenvalue weighted by Crippen LogP contribution is -2.30. The Labute approximate surface area is 334 Å². The normalized spacial score (nSPS) is 17.0. The highest BCUT2D eigenvalue weighted by Crippen LogP contribution is 2.41. The van der Waals surface area contributed by atoms with E-state index in [0.717, 1.165) is 40.1 Å². The van der Waals surface area contributed by atoms with Crippen LogP contribution in [-0.4, -0.2) is 28.6 Å². The van der Waals surface area contributed by atoms with Gasteiger partial charge < -0.3 is 14.4 Å². The summed E-state index contributed by atoms with van der Waals surface area (Å²) in [5, 5.41) is 11.5. The van der Waals surface area contributed by atoms with Crippen LogP contribution in [0.4, 0.5) is 5.69 Å². The summed E-state index contributed by atoms with van der Waals surface area (Å²) < 4.78 is 2.37. The van der Waals surface area contributed by atoms with Gasteiger partial charge in [0.05, 0.1) is 11.0 Å². The molecule has 7 aromatic rings. The molecule has 1 aliphatic heterocycles. The van der Waals surface area contributed by atoms with E-state index in [1.54, 1.807) is 0 Å². The number of nitrogens with one attached hydrogen (secondary N) is 1. The Hall–Kier alpha value is -7.24. The molecule has 276 valence electrons. The van der Waals surface area contributed by atoms with Crippen LogP contribution < -0.4 is 4.90 Å². The van der Waals surface area contributed by atoms with Crippen molar-refractivity contribution in [2.45, 2.75) is 18.5 Å². The number of hydrogen-bond acceptors (Lipinski definition) is 3. The minimum Gasteiger partial charge on any atom is -0.334 e. The number of anilines is 1. The Kier molecular flexibility index (Phi) is 9.63. The molecule has 1 aromatic heterocycles. The maximum Gasteiger partial charge on any atom is 0.147 e. The first-order valence-corrected chi connectivity index (χ1v) is 19.4. The highest BCUT2D eigenvalue weighted by molar-refractivity contribution is 6.09. The Morgan fingerprint density at radius 1 is 0.737 bits per heavy atom. The summed E-state index contributed by atoms with van der Waals surface area (Å²) in [7, 11) is 1.93. The van der Waals surface area contributed by atoms with Crippen LogP contribution in [0.25, 0.3) is 27.5 Å². The second-order valence-electron chi connectivity index (χ2n) is 14.6. The number of nitrogens with zero attached hydrogens (tertiary/aromatic N) is 4. The van der Waals surface area contributed by atoms with Crippen molar-refractivity contribution in [2.75, 3.05) is 11.9 Å². The first-order valence-electron chi connectivity index (χ1n) is 19.4. The van der Waals surface area contributed by atoms with E-state index in [1.165, 1.54) is 38.6 Å². The molecule has 0 fully saturated rings. The lowest BCUT2D eigenvalue weighted by Gasteiger charge is -2.31. The number of rotatable bonds is 8. The molecule has 0 bridgehead atoms. The smallest absolute Gasteiger partial charge is 0.147 e. The minimum absolute atomic E-state index is 0.208. The molecule has 2 unspecified atom stereocenters. The standard InChI is InChI=1S/C52H43N5/c1-37-16-14-15-33-56(43-29-25-38(26-30-43)36-54-52(40-19-8-4-9-20-40)55(2)51(53)39-17-6-3-7-18-39)48-31-27-41(34-46(37)48)42-28-32-50-47(35-42)45-23-12-13-24-49(45)57(50)44-21-10-5-11-22-44/h3-33,35-36,41,52-53H,1,34H2,2H3/b16-14-,33-15-,53-51?,54-36?. The van der Waals surface area contributed by atoms with Gasteiger partial charge in [-0.2, -0.15) is 0 Å². The van der Waals surface area contributed by atoms with Gasteiger partial charge in [0.1, 0.15) is 12.0 Å². The van der Waals surface area contributed by atoms with Gasteiger partial charge in [-0.3, -0.25) is 10.4 Å². The fourth-order valence-corrected chi connectivity index (χ4v) is 8.08. The molecule has 6 aromatic carbocycles. The van der Waals surface area contributed by atoms with Crippen LogP contribution in [0, 0.1) is 5.41 Å². The number of allylic oxidation sites excluding steroid dienone is 7. The molecule has 0 spiro atoms. The van der Waals surface area contributed by atoms with Gasteiger partial charge in [-0.1, -0.05) is 140 Å². The van der Waals surface area contributed by atoms with Crippen LogP contribution in [0.1, 0.15) is 40.8 Å². The number of amidine groups is 1. The zero-order valence-electron chi connectivity index (χ0n) is 31.9. The highest BCUT2D eigenvalue weighted by Gasteiger charge is 2.25. The van der Waals surface area contributed by atoms with E-state index in [2.05, 4.69) is 162 Å². The van der Waals surface area contributed by atoms with Gasteiger partial charge in [-0.05, 0) is 88.9 Å². The fraction of sp³-hybridized carbons (Fsp3) is 0.0769. The van der Waals surface area contributed by atoms with Crippen LogP contribution in [0.5, 0.6) is 0 Å². The largest absolute Gasteiger partial charge is 0.334 e. The molecule has 5 nitrogen and oxygen atoms in total. The summed E-state index contributed by atoms with van der Waals surface area (Å²) in [6.45, 7) is 4.53. The van der Waals surface area contributed by atoms with Crippen LogP contribution in [0.3, 0.4) is 0 Å². The zero-order valence-corrected chi connectivity index (χ0v) is 31.9. The van der Waals surface area contributed by atoms with E-state index in [-0.39, 0.29) is 12.1 Å². The van der Waals surface area contributed by atoms with Gasteiger partial charge in [-0.25, -0.2) is 0 Å². The quantitative estimate of drug-likeness (QED) is 0.125. The summed E-state index contributed by atoms with van der Waals surface area (Å²) in [5.41, 5.74) is 12.2. The molecule has 0 saturated carbocycles. The maximum absolute atomic E-state index is 8.93. The molecule has 1 N–H and O–H groups in total. The van der Waals surface area contributed by atoms with E-state index in [9.17, 15) is 0 Å². The van der Waals surface area contributed by atoms with Crippen molar-refractivity contribution in [1.29, 1.82) is 5.41 Å². The summed E-state index contributed by atoms with van der Waals surface area (Å²) in [4.78, 5) is 9.21. The molecule has 9 rings (SSSR count). The lowest BCUT2D eigenvalue weighted by atomic mass is 9.83. The predicted molar refractivity (Wildman–Crippen MR) is 238 cm³/mol. The number of para-hydroxylation sites is 2. The third-order valence-corrected chi connectivity index (χ3v) is 11.1. The Morgan fingerprint density at radius 2 is 1.42 bits per heavy atom. The van der Waals surface area contributed by atoms with Gasteiger partial charge in [0.25, 0.3) is 0 Å². The first-order chi connectivity index (χ1) is 28.0. The average molecular weight is 738 g/mol. The van der Waals surface area contributed by atoms with Gasteiger partial charge in [0.2, 0.25) is 0 Å². The van der Waals surface area contributed by atoms with Gasteiger partial charge in [0, 0.05) is 58.8 Å². The summed E-state index contributed by atoms with van der Waals surface area (Å²) in [5.74, 6) is 0.625. The maximum atomic E-state index is 8.93. The molecule has 0 radical (unpaired) electrons. The summed E-state index contributed by atoms with van der Waals surface area (Å²) in [6, 6.07) is 54.8. The third kappa shape index (κ3) is 6.96. The molecular weight excluding hydrogens is 695 g/mol. The molecule has 0 saturated heterocycles. The highest BCUT2D eigenvalue weighted by atomic mass is 15.2. The van der Waals surface area contributed by atoms with E-state index >= 15 is 0 Å². The summed E-state index contributed by atoms with van der Waals surface area (Å²) >= 11 is 0. The molecule has 57 heavy (non-hydrogen) atoms. The minimum atomic E-state index is -0.357. The van der Waals surface area contributed by atoms with Crippen molar-refractivity contribution in [2.24, 2.45) is 4.99 Å². The van der Waals surface area contributed by atoms with Crippen LogP contribution in [0.15, 0.2) is 223 Å². The third-order valence-electron chi connectivity index (χ3n) is 11.1. The van der Waals surface area contributed by atoms with Gasteiger partial charge in [0.15, 0.2) is 0 Å². The fourth-order valence-electron chi connectivity index (χ4n) is 8.08. The number of hydrogen-bond donors (Lipinski definition) is 1. The number of fused-ring (bicyclic) bond motifs is 3. The second-order valence-corrected chi connectivity index (χ2v) is 14.6. The molecule has 2 aliphatic rings. The van der Waals surface area contributed by atoms with Crippen molar-refractivity contribution in [3.05, 3.63) is 240 Å². The number of benzene rings is 6.